The van der Waals surface area contributed by atoms with Gasteiger partial charge in [0.15, 0.2) is 0 Å². The number of urea groups is 1. The van der Waals surface area contributed by atoms with Crippen LogP contribution in [0.4, 0.5) is 4.79 Å². The normalized spacial score (nSPS) is 11.6. The predicted molar refractivity (Wildman–Crippen MR) is 65.5 cm³/mol. The molecule has 1 rings (SSSR count). The zero-order chi connectivity index (χ0) is 12.8. The summed E-state index contributed by atoms with van der Waals surface area (Å²) in [6.07, 6.45) is 0. The standard InChI is InChI=1S/C11H14ClN3O2/c1-7(15-11(13)17)10(16)14-6-8-3-2-4-9(12)5-8/h2-5,7H,6H2,1H3,(H,14,16)(H3,13,15,17)/t7-/m1/s1. The van der Waals surface area contributed by atoms with Gasteiger partial charge < -0.3 is 16.4 Å². The molecule has 0 radical (unpaired) electrons. The number of carbonyl (C=O) groups excluding carboxylic acids is 2. The van der Waals surface area contributed by atoms with Gasteiger partial charge in [0.05, 0.1) is 0 Å². The summed E-state index contributed by atoms with van der Waals surface area (Å²) in [5, 5.41) is 5.57. The first-order valence-corrected chi connectivity index (χ1v) is 5.45. The van der Waals surface area contributed by atoms with Crippen LogP contribution >= 0.6 is 11.6 Å². The number of amides is 3. The largest absolute Gasteiger partial charge is 0.352 e. The molecule has 0 aliphatic rings. The number of nitrogens with two attached hydrogens (primary N) is 1. The maximum Gasteiger partial charge on any atom is 0.312 e. The minimum Gasteiger partial charge on any atom is -0.352 e. The van der Waals surface area contributed by atoms with E-state index in [0.717, 1.165) is 5.56 Å². The molecule has 4 N–H and O–H groups in total. The van der Waals surface area contributed by atoms with Crippen LogP contribution in [0.15, 0.2) is 24.3 Å². The van der Waals surface area contributed by atoms with Gasteiger partial charge in [0.1, 0.15) is 6.04 Å². The van der Waals surface area contributed by atoms with E-state index in [1.54, 1.807) is 25.1 Å². The number of benzene rings is 1. The fraction of sp³-hybridized carbons (Fsp3) is 0.273. The minimum absolute atomic E-state index is 0.302. The van der Waals surface area contributed by atoms with Crippen LogP contribution in [0.5, 0.6) is 0 Å². The molecule has 0 aliphatic carbocycles. The van der Waals surface area contributed by atoms with Gasteiger partial charge in [0.2, 0.25) is 5.91 Å². The highest BCUT2D eigenvalue weighted by atomic mass is 35.5. The van der Waals surface area contributed by atoms with E-state index in [2.05, 4.69) is 10.6 Å². The van der Waals surface area contributed by atoms with E-state index >= 15 is 0 Å². The fourth-order valence-corrected chi connectivity index (χ4v) is 1.48. The smallest absolute Gasteiger partial charge is 0.312 e. The van der Waals surface area contributed by atoms with Crippen molar-refractivity contribution in [1.29, 1.82) is 0 Å². The summed E-state index contributed by atoms with van der Waals surface area (Å²) in [5.41, 5.74) is 5.80. The van der Waals surface area contributed by atoms with Crippen LogP contribution < -0.4 is 16.4 Å². The van der Waals surface area contributed by atoms with E-state index in [9.17, 15) is 9.59 Å². The van der Waals surface area contributed by atoms with Crippen LogP contribution in [0.3, 0.4) is 0 Å². The van der Waals surface area contributed by atoms with Crippen molar-refractivity contribution in [1.82, 2.24) is 10.6 Å². The minimum atomic E-state index is -0.726. The third-order valence-electron chi connectivity index (χ3n) is 2.11. The SMILES string of the molecule is C[C@@H](NC(N)=O)C(=O)NCc1cccc(Cl)c1. The molecule has 0 spiro atoms. The lowest BCUT2D eigenvalue weighted by Gasteiger charge is -2.12. The summed E-state index contributed by atoms with van der Waals surface area (Å²) in [6.45, 7) is 1.91. The molecule has 0 unspecified atom stereocenters. The van der Waals surface area contributed by atoms with E-state index in [1.165, 1.54) is 0 Å². The summed E-state index contributed by atoms with van der Waals surface area (Å²) >= 11 is 5.81. The second kappa shape index (κ2) is 6.10. The first kappa shape index (κ1) is 13.3. The average molecular weight is 256 g/mol. The quantitative estimate of drug-likeness (QED) is 0.750. The lowest BCUT2D eigenvalue weighted by molar-refractivity contribution is -0.122. The van der Waals surface area contributed by atoms with Gasteiger partial charge in [-0.2, -0.15) is 0 Å². The number of halogens is 1. The number of nitrogens with one attached hydrogen (secondary N) is 2. The molecule has 0 aliphatic heterocycles. The molecular weight excluding hydrogens is 242 g/mol. The summed E-state index contributed by atoms with van der Waals surface area (Å²) in [4.78, 5) is 22.1. The molecule has 92 valence electrons. The second-order valence-electron chi connectivity index (χ2n) is 3.58. The molecule has 0 fully saturated rings. The summed E-state index contributed by atoms with van der Waals surface area (Å²) in [7, 11) is 0. The number of primary amides is 1. The lowest BCUT2D eigenvalue weighted by atomic mass is 10.2. The molecule has 0 saturated heterocycles. The Morgan fingerprint density at radius 1 is 1.47 bits per heavy atom. The first-order valence-electron chi connectivity index (χ1n) is 5.07. The molecule has 6 heteroatoms. The summed E-state index contributed by atoms with van der Waals surface area (Å²) in [6, 6.07) is 5.77. The average Bonchev–Trinajstić information content (AvgIpc) is 2.25. The summed E-state index contributed by atoms with van der Waals surface area (Å²) in [5.74, 6) is -0.302. The molecule has 0 bridgehead atoms. The highest BCUT2D eigenvalue weighted by Crippen LogP contribution is 2.10. The Bertz CT molecular complexity index is 423. The predicted octanol–water partition coefficient (Wildman–Crippen LogP) is 1.01. The van der Waals surface area contributed by atoms with E-state index in [4.69, 9.17) is 17.3 Å². The van der Waals surface area contributed by atoms with Gasteiger partial charge in [-0.1, -0.05) is 23.7 Å². The van der Waals surface area contributed by atoms with Crippen molar-refractivity contribution in [3.8, 4) is 0 Å². The Morgan fingerprint density at radius 3 is 2.76 bits per heavy atom. The molecule has 0 aromatic heterocycles. The van der Waals surface area contributed by atoms with Gasteiger partial charge in [0.25, 0.3) is 0 Å². The molecule has 0 heterocycles. The molecule has 17 heavy (non-hydrogen) atoms. The second-order valence-corrected chi connectivity index (χ2v) is 4.01. The van der Waals surface area contributed by atoms with Gasteiger partial charge >= 0.3 is 6.03 Å². The van der Waals surface area contributed by atoms with Crippen molar-refractivity contribution in [2.75, 3.05) is 0 Å². The number of hydrogen-bond acceptors (Lipinski definition) is 2. The monoisotopic (exact) mass is 255 g/mol. The summed E-state index contributed by atoms with van der Waals surface area (Å²) < 4.78 is 0. The van der Waals surface area contributed by atoms with Crippen molar-refractivity contribution in [3.63, 3.8) is 0 Å². The molecule has 3 amide bonds. The van der Waals surface area contributed by atoms with Crippen molar-refractivity contribution >= 4 is 23.5 Å². The number of carbonyl (C=O) groups is 2. The van der Waals surface area contributed by atoms with Crippen LogP contribution in [0.1, 0.15) is 12.5 Å². The van der Waals surface area contributed by atoms with E-state index in [1.807, 2.05) is 6.07 Å². The van der Waals surface area contributed by atoms with Gasteiger partial charge in [-0.3, -0.25) is 4.79 Å². The van der Waals surface area contributed by atoms with Crippen LogP contribution in [-0.4, -0.2) is 18.0 Å². The Morgan fingerprint density at radius 2 is 2.18 bits per heavy atom. The van der Waals surface area contributed by atoms with Gasteiger partial charge in [-0.05, 0) is 24.6 Å². The molecular formula is C11H14ClN3O2. The van der Waals surface area contributed by atoms with Gasteiger partial charge in [-0.25, -0.2) is 4.79 Å². The molecule has 5 nitrogen and oxygen atoms in total. The third-order valence-corrected chi connectivity index (χ3v) is 2.34. The van der Waals surface area contributed by atoms with Crippen molar-refractivity contribution in [2.45, 2.75) is 19.5 Å². The number of hydrogen-bond donors (Lipinski definition) is 3. The topological polar surface area (TPSA) is 84.2 Å². The zero-order valence-corrected chi connectivity index (χ0v) is 10.1. The maximum absolute atomic E-state index is 11.5. The number of rotatable bonds is 4. The van der Waals surface area contributed by atoms with Gasteiger partial charge in [0, 0.05) is 11.6 Å². The van der Waals surface area contributed by atoms with Crippen LogP contribution in [0.2, 0.25) is 5.02 Å². The van der Waals surface area contributed by atoms with Crippen molar-refractivity contribution < 1.29 is 9.59 Å². The van der Waals surface area contributed by atoms with E-state index < -0.39 is 12.1 Å². The fourth-order valence-electron chi connectivity index (χ4n) is 1.27. The van der Waals surface area contributed by atoms with E-state index in [-0.39, 0.29) is 5.91 Å². The molecule has 1 aromatic rings. The Kier molecular flexibility index (Phi) is 4.78. The Labute approximate surface area is 104 Å². The zero-order valence-electron chi connectivity index (χ0n) is 9.37. The maximum atomic E-state index is 11.5. The Balaban J connectivity index is 2.45. The van der Waals surface area contributed by atoms with Crippen molar-refractivity contribution in [2.24, 2.45) is 5.73 Å². The molecule has 0 saturated carbocycles. The van der Waals surface area contributed by atoms with E-state index in [0.29, 0.717) is 11.6 Å². The third kappa shape index (κ3) is 4.74. The highest BCUT2D eigenvalue weighted by molar-refractivity contribution is 6.30. The lowest BCUT2D eigenvalue weighted by Crippen LogP contribution is -2.46. The van der Waals surface area contributed by atoms with Crippen LogP contribution in [0, 0.1) is 0 Å². The molecule has 1 atom stereocenters. The van der Waals surface area contributed by atoms with Crippen LogP contribution in [-0.2, 0) is 11.3 Å². The van der Waals surface area contributed by atoms with Gasteiger partial charge in [-0.15, -0.1) is 0 Å². The Hall–Kier alpha value is -1.75. The first-order chi connectivity index (χ1) is 7.99. The highest BCUT2D eigenvalue weighted by Gasteiger charge is 2.13. The van der Waals surface area contributed by atoms with Crippen LogP contribution in [0.25, 0.3) is 0 Å². The van der Waals surface area contributed by atoms with Crippen molar-refractivity contribution in [3.05, 3.63) is 34.9 Å². The molecule has 1 aromatic carbocycles.